The van der Waals surface area contributed by atoms with Gasteiger partial charge >= 0.3 is 0 Å². The summed E-state index contributed by atoms with van der Waals surface area (Å²) in [7, 11) is -2.08. The second-order valence-electron chi connectivity index (χ2n) is 7.05. The van der Waals surface area contributed by atoms with Crippen molar-refractivity contribution < 1.29 is 13.2 Å². The SMILES string of the molecule is Cn1nc(Cc2ccc(Cl)cc2)c(C(N)=O)c1Nc1ccc(S(=O)(=O)Nc2nccs2)cc1. The Labute approximate surface area is 199 Å². The molecule has 0 aliphatic heterocycles. The van der Waals surface area contributed by atoms with E-state index in [9.17, 15) is 13.2 Å². The lowest BCUT2D eigenvalue weighted by Gasteiger charge is -2.10. The molecule has 0 saturated heterocycles. The lowest BCUT2D eigenvalue weighted by molar-refractivity contribution is 0.100. The Balaban J connectivity index is 1.58. The number of anilines is 3. The van der Waals surface area contributed by atoms with E-state index in [1.165, 1.54) is 34.3 Å². The van der Waals surface area contributed by atoms with Gasteiger partial charge in [-0.1, -0.05) is 23.7 Å². The molecule has 2 aromatic carbocycles. The van der Waals surface area contributed by atoms with Crippen molar-refractivity contribution in [3.8, 4) is 0 Å². The molecule has 0 spiro atoms. The zero-order valence-corrected chi connectivity index (χ0v) is 19.7. The number of nitrogens with two attached hydrogens (primary N) is 1. The third-order valence-electron chi connectivity index (χ3n) is 4.73. The van der Waals surface area contributed by atoms with Crippen molar-refractivity contribution in [1.29, 1.82) is 0 Å². The second kappa shape index (κ2) is 9.22. The summed E-state index contributed by atoms with van der Waals surface area (Å²) in [5.41, 5.74) is 7.92. The maximum absolute atomic E-state index is 12.5. The maximum Gasteiger partial charge on any atom is 0.263 e. The largest absolute Gasteiger partial charge is 0.365 e. The Bertz CT molecular complexity index is 1380. The number of carbonyl (C=O) groups excluding carboxylic acids is 1. The van der Waals surface area contributed by atoms with Crippen LogP contribution in [0.1, 0.15) is 21.6 Å². The van der Waals surface area contributed by atoms with Gasteiger partial charge in [-0.25, -0.2) is 13.4 Å². The molecular formula is C21H19ClN6O3S2. The number of carbonyl (C=O) groups is 1. The van der Waals surface area contributed by atoms with Crippen LogP contribution in [0.3, 0.4) is 0 Å². The van der Waals surface area contributed by atoms with Crippen LogP contribution >= 0.6 is 22.9 Å². The van der Waals surface area contributed by atoms with Crippen LogP contribution in [0.15, 0.2) is 65.0 Å². The molecule has 0 bridgehead atoms. The molecule has 12 heteroatoms. The Hall–Kier alpha value is -3.41. The summed E-state index contributed by atoms with van der Waals surface area (Å²) in [6, 6.07) is 13.3. The molecule has 1 amide bonds. The highest BCUT2D eigenvalue weighted by Gasteiger charge is 2.22. The number of hydrogen-bond donors (Lipinski definition) is 3. The Morgan fingerprint density at radius 1 is 1.15 bits per heavy atom. The van der Waals surface area contributed by atoms with E-state index in [1.807, 2.05) is 12.1 Å². The first-order valence-electron chi connectivity index (χ1n) is 9.62. The molecule has 4 rings (SSSR count). The lowest BCUT2D eigenvalue weighted by Crippen LogP contribution is -2.15. The number of primary amides is 1. The van der Waals surface area contributed by atoms with Crippen molar-refractivity contribution in [2.75, 3.05) is 10.0 Å². The van der Waals surface area contributed by atoms with Crippen LogP contribution in [0, 0.1) is 0 Å². The average Bonchev–Trinajstić information content (AvgIpc) is 3.37. The van der Waals surface area contributed by atoms with E-state index in [0.717, 1.165) is 5.56 Å². The predicted octanol–water partition coefficient (Wildman–Crippen LogP) is 3.76. The van der Waals surface area contributed by atoms with Gasteiger partial charge in [-0.3, -0.25) is 14.2 Å². The smallest absolute Gasteiger partial charge is 0.263 e. The number of nitrogens with zero attached hydrogens (tertiary/aromatic N) is 3. The summed E-state index contributed by atoms with van der Waals surface area (Å²) < 4.78 is 29.0. The molecule has 170 valence electrons. The number of aromatic nitrogens is 3. The van der Waals surface area contributed by atoms with Crippen molar-refractivity contribution in [3.05, 3.63) is 82.0 Å². The molecular weight excluding hydrogens is 484 g/mol. The van der Waals surface area contributed by atoms with Gasteiger partial charge in [0.25, 0.3) is 15.9 Å². The molecule has 4 aromatic rings. The van der Waals surface area contributed by atoms with Gasteiger partial charge in [-0.05, 0) is 42.0 Å². The summed E-state index contributed by atoms with van der Waals surface area (Å²) in [6.45, 7) is 0. The van der Waals surface area contributed by atoms with E-state index in [0.29, 0.717) is 28.6 Å². The minimum absolute atomic E-state index is 0.0757. The Morgan fingerprint density at radius 2 is 1.85 bits per heavy atom. The Morgan fingerprint density at radius 3 is 2.45 bits per heavy atom. The van der Waals surface area contributed by atoms with E-state index in [1.54, 1.807) is 36.7 Å². The minimum atomic E-state index is -3.77. The topological polar surface area (TPSA) is 132 Å². The van der Waals surface area contributed by atoms with Crippen LogP contribution < -0.4 is 15.8 Å². The fourth-order valence-corrected chi connectivity index (χ4v) is 5.12. The quantitative estimate of drug-likeness (QED) is 0.336. The van der Waals surface area contributed by atoms with E-state index in [-0.39, 0.29) is 15.6 Å². The number of benzene rings is 2. The van der Waals surface area contributed by atoms with Gasteiger partial charge in [0.1, 0.15) is 11.4 Å². The van der Waals surface area contributed by atoms with E-state index in [2.05, 4.69) is 20.1 Å². The molecule has 2 heterocycles. The Kier molecular flexibility index (Phi) is 6.36. The number of thiazole rings is 1. The van der Waals surface area contributed by atoms with Gasteiger partial charge in [-0.2, -0.15) is 5.10 Å². The molecule has 0 atom stereocenters. The fourth-order valence-electron chi connectivity index (χ4n) is 3.20. The normalized spacial score (nSPS) is 11.3. The first kappa shape index (κ1) is 22.8. The summed E-state index contributed by atoms with van der Waals surface area (Å²) in [5, 5.41) is 10.1. The highest BCUT2D eigenvalue weighted by Crippen LogP contribution is 2.27. The van der Waals surface area contributed by atoms with Gasteiger partial charge < -0.3 is 11.1 Å². The van der Waals surface area contributed by atoms with Crippen LogP contribution in [0.4, 0.5) is 16.6 Å². The summed E-state index contributed by atoms with van der Waals surface area (Å²) in [6.07, 6.45) is 1.91. The van der Waals surface area contributed by atoms with E-state index in [4.69, 9.17) is 17.3 Å². The summed E-state index contributed by atoms with van der Waals surface area (Å²) >= 11 is 7.13. The fraction of sp³-hybridized carbons (Fsp3) is 0.0952. The summed E-state index contributed by atoms with van der Waals surface area (Å²) in [4.78, 5) is 16.2. The molecule has 9 nitrogen and oxygen atoms in total. The van der Waals surface area contributed by atoms with Crippen LogP contribution in [0.5, 0.6) is 0 Å². The van der Waals surface area contributed by atoms with Crippen LogP contribution in [0.25, 0.3) is 0 Å². The van der Waals surface area contributed by atoms with E-state index < -0.39 is 15.9 Å². The zero-order chi connectivity index (χ0) is 23.6. The van der Waals surface area contributed by atoms with Crippen molar-refractivity contribution >= 4 is 55.5 Å². The van der Waals surface area contributed by atoms with Crippen molar-refractivity contribution in [3.63, 3.8) is 0 Å². The van der Waals surface area contributed by atoms with Crippen molar-refractivity contribution in [1.82, 2.24) is 14.8 Å². The minimum Gasteiger partial charge on any atom is -0.365 e. The third-order valence-corrected chi connectivity index (χ3v) is 7.16. The maximum atomic E-state index is 12.5. The second-order valence-corrected chi connectivity index (χ2v) is 10.1. The molecule has 0 fully saturated rings. The number of sulfonamides is 1. The number of hydrogen-bond acceptors (Lipinski definition) is 7. The van der Waals surface area contributed by atoms with Gasteiger partial charge in [0.15, 0.2) is 5.13 Å². The third kappa shape index (κ3) is 5.16. The number of nitrogens with one attached hydrogen (secondary N) is 2. The van der Waals surface area contributed by atoms with Crippen molar-refractivity contribution in [2.24, 2.45) is 12.8 Å². The zero-order valence-electron chi connectivity index (χ0n) is 17.3. The van der Waals surface area contributed by atoms with Gasteiger partial charge in [0, 0.05) is 35.8 Å². The predicted molar refractivity (Wildman–Crippen MR) is 129 cm³/mol. The summed E-state index contributed by atoms with van der Waals surface area (Å²) in [5.74, 6) is -0.218. The monoisotopic (exact) mass is 502 g/mol. The van der Waals surface area contributed by atoms with Gasteiger partial charge in [0.2, 0.25) is 0 Å². The molecule has 0 saturated carbocycles. The molecule has 33 heavy (non-hydrogen) atoms. The highest BCUT2D eigenvalue weighted by molar-refractivity contribution is 7.93. The average molecular weight is 503 g/mol. The first-order chi connectivity index (χ1) is 15.7. The molecule has 0 aliphatic carbocycles. The first-order valence-corrected chi connectivity index (χ1v) is 12.4. The lowest BCUT2D eigenvalue weighted by atomic mass is 10.1. The van der Waals surface area contributed by atoms with Gasteiger partial charge in [0.05, 0.1) is 10.6 Å². The number of halogens is 1. The molecule has 4 N–H and O–H groups in total. The number of amides is 1. The van der Waals surface area contributed by atoms with Crippen LogP contribution in [-0.4, -0.2) is 29.1 Å². The van der Waals surface area contributed by atoms with E-state index >= 15 is 0 Å². The number of rotatable bonds is 8. The highest BCUT2D eigenvalue weighted by atomic mass is 35.5. The van der Waals surface area contributed by atoms with Gasteiger partial charge in [-0.15, -0.1) is 11.3 Å². The van der Waals surface area contributed by atoms with Crippen LogP contribution in [0.2, 0.25) is 5.02 Å². The molecule has 0 aliphatic rings. The molecule has 2 aromatic heterocycles. The van der Waals surface area contributed by atoms with Crippen LogP contribution in [-0.2, 0) is 23.5 Å². The van der Waals surface area contributed by atoms with Crippen molar-refractivity contribution in [2.45, 2.75) is 11.3 Å². The molecule has 0 unspecified atom stereocenters. The standard InChI is InChI=1S/C21H19ClN6O3S2/c1-28-20(18(19(23)29)17(26-28)12-13-2-4-14(22)5-3-13)25-15-6-8-16(9-7-15)33(30,31)27-21-24-10-11-32-21/h2-11,25H,12H2,1H3,(H2,23,29)(H,24,27). The number of aryl methyl sites for hydroxylation is 1. The molecule has 0 radical (unpaired) electrons.